The lowest BCUT2D eigenvalue weighted by molar-refractivity contribution is -0.134. The molecule has 1 aromatic rings. The molecule has 3 nitrogen and oxygen atoms in total. The number of fused-ring (bicyclic) bond motifs is 1. The molecule has 3 atom stereocenters. The van der Waals surface area contributed by atoms with E-state index in [0.717, 1.165) is 5.56 Å². The van der Waals surface area contributed by atoms with Gasteiger partial charge in [-0.25, -0.2) is 0 Å². The molecule has 1 aromatic carbocycles. The Labute approximate surface area is 114 Å². The lowest BCUT2D eigenvalue weighted by atomic mass is 10.0. The van der Waals surface area contributed by atoms with Crippen LogP contribution < -0.4 is 0 Å². The molecule has 3 rings (SSSR count). The van der Waals surface area contributed by atoms with Gasteiger partial charge in [0.05, 0.1) is 12.6 Å². The Kier molecular flexibility index (Phi) is 4.38. The van der Waals surface area contributed by atoms with E-state index < -0.39 is 0 Å². The molecule has 0 spiro atoms. The minimum absolute atomic E-state index is 0.171. The van der Waals surface area contributed by atoms with E-state index in [1.807, 2.05) is 55.2 Å². The monoisotopic (exact) mass is 259 g/mol. The second kappa shape index (κ2) is 6.02. The zero-order valence-electron chi connectivity index (χ0n) is 11.6. The van der Waals surface area contributed by atoms with Crippen LogP contribution in [0.1, 0.15) is 32.1 Å². The Hall–Kier alpha value is -1.61. The zero-order chi connectivity index (χ0) is 13.8. The van der Waals surface area contributed by atoms with Gasteiger partial charge < -0.3 is 9.64 Å². The number of amides is 1. The van der Waals surface area contributed by atoms with E-state index in [9.17, 15) is 4.79 Å². The summed E-state index contributed by atoms with van der Waals surface area (Å²) in [5.41, 5.74) is 1.05. The molecule has 2 heterocycles. The van der Waals surface area contributed by atoms with Gasteiger partial charge in [0.2, 0.25) is 5.91 Å². The van der Waals surface area contributed by atoms with Gasteiger partial charge in [0.25, 0.3) is 0 Å². The van der Waals surface area contributed by atoms with E-state index in [2.05, 4.69) is 6.58 Å². The quantitative estimate of drug-likeness (QED) is 0.764. The third-order valence-corrected chi connectivity index (χ3v) is 3.61. The van der Waals surface area contributed by atoms with Crippen LogP contribution in [0.4, 0.5) is 0 Å². The molecule has 2 fully saturated rings. The fourth-order valence-corrected chi connectivity index (χ4v) is 2.73. The second-order valence-corrected chi connectivity index (χ2v) is 4.57. The summed E-state index contributed by atoms with van der Waals surface area (Å²) < 4.78 is 5.77. The third-order valence-electron chi connectivity index (χ3n) is 3.61. The lowest BCUT2D eigenvalue weighted by Crippen LogP contribution is -2.32. The molecule has 1 amide bonds. The van der Waals surface area contributed by atoms with Crippen molar-refractivity contribution in [3.05, 3.63) is 48.6 Å². The van der Waals surface area contributed by atoms with Gasteiger partial charge in [-0.05, 0) is 0 Å². The van der Waals surface area contributed by atoms with E-state index in [4.69, 9.17) is 4.74 Å². The summed E-state index contributed by atoms with van der Waals surface area (Å²) in [6.45, 7) is 8.41. The maximum absolute atomic E-state index is 12.0. The number of rotatable bonds is 2. The fourth-order valence-electron chi connectivity index (χ4n) is 2.73. The van der Waals surface area contributed by atoms with Crippen molar-refractivity contribution in [1.82, 2.24) is 4.90 Å². The smallest absolute Gasteiger partial charge is 0.225 e. The summed E-state index contributed by atoms with van der Waals surface area (Å²) in [6.07, 6.45) is 2.24. The number of hydrogen-bond donors (Lipinski definition) is 0. The van der Waals surface area contributed by atoms with Crippen molar-refractivity contribution in [3.63, 3.8) is 0 Å². The first-order chi connectivity index (χ1) is 9.31. The lowest BCUT2D eigenvalue weighted by Gasteiger charge is -2.23. The summed E-state index contributed by atoms with van der Waals surface area (Å²) >= 11 is 0. The summed E-state index contributed by atoms with van der Waals surface area (Å²) in [5, 5.41) is 0. The van der Waals surface area contributed by atoms with Crippen LogP contribution >= 0.6 is 0 Å². The van der Waals surface area contributed by atoms with Crippen LogP contribution in [0.2, 0.25) is 0 Å². The highest BCUT2D eigenvalue weighted by Crippen LogP contribution is 2.40. The second-order valence-electron chi connectivity index (χ2n) is 4.57. The molecule has 0 aliphatic carbocycles. The summed E-state index contributed by atoms with van der Waals surface area (Å²) in [7, 11) is 0. The van der Waals surface area contributed by atoms with Crippen LogP contribution in [-0.4, -0.2) is 23.5 Å². The van der Waals surface area contributed by atoms with E-state index in [1.54, 1.807) is 0 Å². The highest BCUT2D eigenvalue weighted by molar-refractivity contribution is 5.80. The Bertz CT molecular complexity index is 443. The Morgan fingerprint density at radius 3 is 2.63 bits per heavy atom. The van der Waals surface area contributed by atoms with Crippen LogP contribution in [0.5, 0.6) is 0 Å². The maximum atomic E-state index is 12.0. The van der Waals surface area contributed by atoms with E-state index in [0.29, 0.717) is 13.0 Å². The molecular formula is C16H21NO2. The van der Waals surface area contributed by atoms with Gasteiger partial charge >= 0.3 is 0 Å². The molecule has 0 radical (unpaired) electrons. The molecule has 0 saturated carbocycles. The topological polar surface area (TPSA) is 29.5 Å². The summed E-state index contributed by atoms with van der Waals surface area (Å²) in [4.78, 5) is 13.9. The molecule has 2 saturated heterocycles. The van der Waals surface area contributed by atoms with Crippen LogP contribution in [0, 0.1) is 5.92 Å². The number of carbonyl (C=O) groups is 1. The molecule has 102 valence electrons. The van der Waals surface area contributed by atoms with Crippen molar-refractivity contribution in [2.24, 2.45) is 5.92 Å². The Morgan fingerprint density at radius 2 is 2.00 bits per heavy atom. The number of hydrogen-bond acceptors (Lipinski definition) is 2. The van der Waals surface area contributed by atoms with Crippen LogP contribution in [0.25, 0.3) is 0 Å². The molecule has 0 N–H and O–H groups in total. The maximum Gasteiger partial charge on any atom is 0.225 e. The Morgan fingerprint density at radius 1 is 1.32 bits per heavy atom. The zero-order valence-corrected chi connectivity index (χ0v) is 11.6. The van der Waals surface area contributed by atoms with Crippen LogP contribution in [0.3, 0.4) is 0 Å². The minimum Gasteiger partial charge on any atom is -0.352 e. The predicted molar refractivity (Wildman–Crippen MR) is 75.4 cm³/mol. The molecule has 19 heavy (non-hydrogen) atoms. The van der Waals surface area contributed by atoms with Crippen molar-refractivity contribution < 1.29 is 9.53 Å². The molecule has 0 bridgehead atoms. The van der Waals surface area contributed by atoms with Gasteiger partial charge in [-0.15, -0.1) is 6.58 Å². The first-order valence-electron chi connectivity index (χ1n) is 6.91. The van der Waals surface area contributed by atoms with Crippen molar-refractivity contribution in [2.45, 2.75) is 32.5 Å². The van der Waals surface area contributed by atoms with Gasteiger partial charge in [0.15, 0.2) is 6.23 Å². The minimum atomic E-state index is -0.210. The fraction of sp³-hybridized carbons (Fsp3) is 0.438. The number of nitrogens with zero attached hydrogens (tertiary/aromatic N) is 1. The van der Waals surface area contributed by atoms with Crippen molar-refractivity contribution in [3.8, 4) is 0 Å². The first-order valence-corrected chi connectivity index (χ1v) is 6.91. The van der Waals surface area contributed by atoms with Crippen LogP contribution in [0.15, 0.2) is 43.0 Å². The number of benzene rings is 1. The number of ether oxygens (including phenoxy) is 1. The van der Waals surface area contributed by atoms with Gasteiger partial charge in [0.1, 0.15) is 0 Å². The van der Waals surface area contributed by atoms with E-state index >= 15 is 0 Å². The highest BCUT2D eigenvalue weighted by atomic mass is 16.5. The third kappa shape index (κ3) is 2.43. The largest absolute Gasteiger partial charge is 0.352 e. The van der Waals surface area contributed by atoms with Gasteiger partial charge in [0, 0.05) is 17.9 Å². The van der Waals surface area contributed by atoms with Crippen molar-refractivity contribution in [2.75, 3.05) is 6.61 Å². The van der Waals surface area contributed by atoms with Crippen LogP contribution in [-0.2, 0) is 9.53 Å². The molecule has 3 heteroatoms. The summed E-state index contributed by atoms with van der Waals surface area (Å²) in [5.74, 6) is 0.405. The molecule has 2 aliphatic heterocycles. The Balaban J connectivity index is 0.000000637. The van der Waals surface area contributed by atoms with Crippen molar-refractivity contribution >= 4 is 5.91 Å². The highest BCUT2D eigenvalue weighted by Gasteiger charge is 2.47. The SMILES string of the molecule is C=C[C@H]1CC(=O)N2[C@@H](c3ccccc3)OC[C@H]12.CC. The molecule has 0 unspecified atom stereocenters. The molecular weight excluding hydrogens is 238 g/mol. The average Bonchev–Trinajstić information content (AvgIpc) is 3.04. The normalized spacial score (nSPS) is 28.6. The average molecular weight is 259 g/mol. The first kappa shape index (κ1) is 13.8. The van der Waals surface area contributed by atoms with Gasteiger partial charge in [-0.1, -0.05) is 50.3 Å². The van der Waals surface area contributed by atoms with Crippen molar-refractivity contribution in [1.29, 1.82) is 0 Å². The summed E-state index contributed by atoms with van der Waals surface area (Å²) in [6, 6.07) is 10.1. The van der Waals surface area contributed by atoms with E-state index in [1.165, 1.54) is 0 Å². The standard InChI is InChI=1S/C14H15NO2.C2H6/c1-2-10-8-13(16)15-12(10)9-17-14(15)11-6-4-3-5-7-11;1-2/h2-7,10,12,14H,1,8-9H2;1-2H3/t10-,12+,14+;/m0./s1. The number of carbonyl (C=O) groups excluding carboxylic acids is 1. The molecule has 0 aromatic heterocycles. The van der Waals surface area contributed by atoms with Gasteiger partial charge in [-0.2, -0.15) is 0 Å². The molecule has 2 aliphatic rings. The predicted octanol–water partition coefficient (Wildman–Crippen LogP) is 3.14. The van der Waals surface area contributed by atoms with Gasteiger partial charge in [-0.3, -0.25) is 4.79 Å². The van der Waals surface area contributed by atoms with E-state index in [-0.39, 0.29) is 24.1 Å².